The molecule has 0 radical (unpaired) electrons. The van der Waals surface area contributed by atoms with Crippen molar-refractivity contribution >= 4 is 29.9 Å². The van der Waals surface area contributed by atoms with Crippen LogP contribution in [0.4, 0.5) is 4.39 Å². The van der Waals surface area contributed by atoms with Gasteiger partial charge in [0.25, 0.3) is 0 Å². The highest BCUT2D eigenvalue weighted by Gasteiger charge is 2.09. The van der Waals surface area contributed by atoms with Crippen molar-refractivity contribution in [1.29, 1.82) is 0 Å². The normalized spacial score (nSPS) is 12.4. The van der Waals surface area contributed by atoms with E-state index in [0.29, 0.717) is 24.6 Å². The Labute approximate surface area is 152 Å². The van der Waals surface area contributed by atoms with Crippen molar-refractivity contribution < 1.29 is 4.39 Å². The van der Waals surface area contributed by atoms with E-state index in [1.165, 1.54) is 6.33 Å². The molecule has 126 valence electrons. The molecule has 0 aliphatic rings. The van der Waals surface area contributed by atoms with Crippen LogP contribution in [-0.4, -0.2) is 34.3 Å². The molecule has 8 heteroatoms. The number of halogens is 2. The minimum atomic E-state index is -0.194. The summed E-state index contributed by atoms with van der Waals surface area (Å²) in [5.41, 5.74) is 1.52. The summed E-state index contributed by atoms with van der Waals surface area (Å²) in [6.07, 6.45) is 3.16. The van der Waals surface area contributed by atoms with E-state index in [9.17, 15) is 4.39 Å². The predicted molar refractivity (Wildman–Crippen MR) is 99.5 cm³/mol. The molecule has 0 saturated carbocycles. The van der Waals surface area contributed by atoms with Gasteiger partial charge >= 0.3 is 0 Å². The van der Waals surface area contributed by atoms with Crippen LogP contribution in [0.25, 0.3) is 0 Å². The summed E-state index contributed by atoms with van der Waals surface area (Å²) in [4.78, 5) is 8.05. The maximum atomic E-state index is 13.6. The highest BCUT2D eigenvalue weighted by atomic mass is 127. The largest absolute Gasteiger partial charge is 0.355 e. The Morgan fingerprint density at radius 3 is 2.83 bits per heavy atom. The third kappa shape index (κ3) is 5.77. The van der Waals surface area contributed by atoms with Gasteiger partial charge in [-0.25, -0.2) is 9.37 Å². The molecule has 0 spiro atoms. The van der Waals surface area contributed by atoms with E-state index in [1.54, 1.807) is 37.1 Å². The topological polar surface area (TPSA) is 67.1 Å². The van der Waals surface area contributed by atoms with Gasteiger partial charge in [-0.05, 0) is 31.0 Å². The van der Waals surface area contributed by atoms with E-state index in [4.69, 9.17) is 0 Å². The first kappa shape index (κ1) is 19.3. The lowest BCUT2D eigenvalue weighted by Gasteiger charge is -2.18. The summed E-state index contributed by atoms with van der Waals surface area (Å²) in [6.45, 7) is 5.07. The first-order valence-corrected chi connectivity index (χ1v) is 7.16. The molecule has 2 aromatic rings. The Balaban J connectivity index is 0.00000264. The van der Waals surface area contributed by atoms with E-state index in [0.717, 1.165) is 5.56 Å². The van der Waals surface area contributed by atoms with Gasteiger partial charge in [-0.15, -0.1) is 24.0 Å². The average Bonchev–Trinajstić information content (AvgIpc) is 3.02. The van der Waals surface area contributed by atoms with Crippen molar-refractivity contribution in [2.45, 2.75) is 26.4 Å². The van der Waals surface area contributed by atoms with Gasteiger partial charge in [0.15, 0.2) is 5.96 Å². The number of nitrogens with zero attached hydrogens (tertiary/aromatic N) is 4. The highest BCUT2D eigenvalue weighted by Crippen LogP contribution is 2.16. The summed E-state index contributed by atoms with van der Waals surface area (Å²) in [5.74, 6) is 0.467. The lowest BCUT2D eigenvalue weighted by atomic mass is 10.1. The molecule has 0 amide bonds. The van der Waals surface area contributed by atoms with Gasteiger partial charge in [0.1, 0.15) is 18.5 Å². The molecule has 1 aromatic heterocycles. The van der Waals surface area contributed by atoms with Gasteiger partial charge in [0, 0.05) is 13.6 Å². The van der Waals surface area contributed by atoms with Crippen molar-refractivity contribution in [1.82, 2.24) is 25.4 Å². The van der Waals surface area contributed by atoms with Crippen LogP contribution in [0.15, 0.2) is 35.8 Å². The molecule has 2 rings (SSSR count). The Hall–Kier alpha value is -1.71. The first-order valence-electron chi connectivity index (χ1n) is 7.16. The first-order chi connectivity index (χ1) is 10.6. The molecule has 1 heterocycles. The van der Waals surface area contributed by atoms with Crippen LogP contribution in [0.2, 0.25) is 0 Å². The predicted octanol–water partition coefficient (Wildman–Crippen LogP) is 2.27. The van der Waals surface area contributed by atoms with Crippen LogP contribution < -0.4 is 10.6 Å². The third-order valence-corrected chi connectivity index (χ3v) is 3.37. The number of aryl methyl sites for hydroxylation is 1. The summed E-state index contributed by atoms with van der Waals surface area (Å²) in [7, 11) is 1.70. The molecule has 0 bridgehead atoms. The lowest BCUT2D eigenvalue weighted by molar-refractivity contribution is 0.587. The van der Waals surface area contributed by atoms with Crippen LogP contribution >= 0.6 is 24.0 Å². The van der Waals surface area contributed by atoms with Crippen LogP contribution in [-0.2, 0) is 6.54 Å². The van der Waals surface area contributed by atoms with Crippen molar-refractivity contribution in [3.05, 3.63) is 47.8 Å². The zero-order valence-corrected chi connectivity index (χ0v) is 15.8. The second kappa shape index (κ2) is 9.43. The molecule has 6 nitrogen and oxygen atoms in total. The molecule has 1 unspecified atom stereocenters. The number of nitrogens with one attached hydrogen (secondary N) is 2. The Morgan fingerprint density at radius 1 is 1.43 bits per heavy atom. The molecule has 23 heavy (non-hydrogen) atoms. The smallest absolute Gasteiger partial charge is 0.191 e. The Morgan fingerprint density at radius 2 is 2.22 bits per heavy atom. The van der Waals surface area contributed by atoms with Crippen LogP contribution in [0, 0.1) is 12.7 Å². The molecule has 1 aromatic carbocycles. The second-order valence-electron chi connectivity index (χ2n) is 5.03. The van der Waals surface area contributed by atoms with Crippen LogP contribution in [0.1, 0.15) is 24.1 Å². The van der Waals surface area contributed by atoms with E-state index >= 15 is 0 Å². The molecule has 0 aliphatic heterocycles. The zero-order chi connectivity index (χ0) is 15.9. The molecule has 0 saturated heterocycles. The maximum absolute atomic E-state index is 13.6. The fraction of sp³-hybridized carbons (Fsp3) is 0.400. The number of aliphatic imine (C=N–C) groups is 1. The van der Waals surface area contributed by atoms with Crippen molar-refractivity contribution in [2.75, 3.05) is 13.6 Å². The van der Waals surface area contributed by atoms with E-state index in [2.05, 4.69) is 25.7 Å². The van der Waals surface area contributed by atoms with Gasteiger partial charge < -0.3 is 10.6 Å². The standard InChI is InChI=1S/C15H21FN6.HI/c1-11-4-5-13(8-14(11)16)12(2)21-15(17-3)19-6-7-22-10-18-9-20-22;/h4-5,8-10,12H,6-7H2,1-3H3,(H2,17,19,21);1H. The SMILES string of the molecule is CN=C(NCCn1cncn1)NC(C)c1ccc(C)c(F)c1.I. The van der Waals surface area contributed by atoms with Crippen molar-refractivity contribution in [2.24, 2.45) is 4.99 Å². The fourth-order valence-electron chi connectivity index (χ4n) is 2.00. The third-order valence-electron chi connectivity index (χ3n) is 3.37. The number of guanidine groups is 1. The second-order valence-corrected chi connectivity index (χ2v) is 5.03. The highest BCUT2D eigenvalue weighted by molar-refractivity contribution is 14.0. The number of aromatic nitrogens is 3. The zero-order valence-electron chi connectivity index (χ0n) is 13.5. The van der Waals surface area contributed by atoms with Gasteiger partial charge in [0.05, 0.1) is 12.6 Å². The summed E-state index contributed by atoms with van der Waals surface area (Å²) in [5, 5.41) is 10.5. The van der Waals surface area contributed by atoms with Gasteiger partial charge in [0.2, 0.25) is 0 Å². The summed E-state index contributed by atoms with van der Waals surface area (Å²) in [6, 6.07) is 5.20. The molecule has 1 atom stereocenters. The van der Waals surface area contributed by atoms with Crippen LogP contribution in [0.3, 0.4) is 0 Å². The fourth-order valence-corrected chi connectivity index (χ4v) is 2.00. The summed E-state index contributed by atoms with van der Waals surface area (Å²) >= 11 is 0. The Bertz CT molecular complexity index is 629. The number of hydrogen-bond donors (Lipinski definition) is 2. The molecule has 2 N–H and O–H groups in total. The van der Waals surface area contributed by atoms with Gasteiger partial charge in [-0.2, -0.15) is 5.10 Å². The average molecular weight is 432 g/mol. The number of hydrogen-bond acceptors (Lipinski definition) is 3. The summed E-state index contributed by atoms with van der Waals surface area (Å²) < 4.78 is 15.4. The number of benzene rings is 1. The molecular weight excluding hydrogens is 410 g/mol. The van der Waals surface area contributed by atoms with E-state index < -0.39 is 0 Å². The monoisotopic (exact) mass is 432 g/mol. The molecule has 0 aliphatic carbocycles. The van der Waals surface area contributed by atoms with Crippen molar-refractivity contribution in [3.8, 4) is 0 Å². The molecule has 0 fully saturated rings. The van der Waals surface area contributed by atoms with Crippen LogP contribution in [0.5, 0.6) is 0 Å². The van der Waals surface area contributed by atoms with Gasteiger partial charge in [-0.1, -0.05) is 12.1 Å². The van der Waals surface area contributed by atoms with E-state index in [-0.39, 0.29) is 35.8 Å². The maximum Gasteiger partial charge on any atom is 0.191 e. The van der Waals surface area contributed by atoms with Crippen molar-refractivity contribution in [3.63, 3.8) is 0 Å². The Kier molecular flexibility index (Phi) is 7.93. The lowest BCUT2D eigenvalue weighted by Crippen LogP contribution is -2.40. The minimum absolute atomic E-state index is 0. The van der Waals surface area contributed by atoms with E-state index in [1.807, 2.05) is 13.0 Å². The quantitative estimate of drug-likeness (QED) is 0.432. The van der Waals surface area contributed by atoms with Gasteiger partial charge in [-0.3, -0.25) is 9.67 Å². The molecular formula is C15H22FIN6. The minimum Gasteiger partial charge on any atom is -0.355 e. The number of rotatable bonds is 5.